The van der Waals surface area contributed by atoms with Crippen molar-refractivity contribution in [1.82, 2.24) is 20.2 Å². The van der Waals surface area contributed by atoms with Gasteiger partial charge in [-0.1, -0.05) is 0 Å². The van der Waals surface area contributed by atoms with Gasteiger partial charge in [-0.15, -0.1) is 0 Å². The van der Waals surface area contributed by atoms with Gasteiger partial charge in [0.15, 0.2) is 0 Å². The lowest BCUT2D eigenvalue weighted by molar-refractivity contribution is 0.371. The molecule has 0 amide bonds. The highest BCUT2D eigenvalue weighted by Crippen LogP contribution is 2.24. The summed E-state index contributed by atoms with van der Waals surface area (Å²) >= 11 is 0. The molecule has 20 heavy (non-hydrogen) atoms. The van der Waals surface area contributed by atoms with E-state index in [0.29, 0.717) is 12.1 Å². The van der Waals surface area contributed by atoms with Crippen LogP contribution < -0.4 is 10.2 Å². The van der Waals surface area contributed by atoms with Crippen LogP contribution in [0.1, 0.15) is 31.4 Å². The summed E-state index contributed by atoms with van der Waals surface area (Å²) in [4.78, 5) is 13.9. The Balaban J connectivity index is 1.66. The zero-order valence-corrected chi connectivity index (χ0v) is 12.5. The highest BCUT2D eigenvalue weighted by atomic mass is 15.3. The van der Waals surface area contributed by atoms with Gasteiger partial charge in [-0.2, -0.15) is 0 Å². The molecule has 1 atom stereocenters. The van der Waals surface area contributed by atoms with Crippen molar-refractivity contribution < 1.29 is 0 Å². The number of hydrogen-bond acceptors (Lipinski definition) is 5. The second-order valence-corrected chi connectivity index (χ2v) is 6.28. The number of rotatable bonds is 6. The molecule has 1 saturated heterocycles. The number of nitrogens with one attached hydrogen (secondary N) is 1. The molecule has 2 fully saturated rings. The van der Waals surface area contributed by atoms with Crippen LogP contribution in [0.15, 0.2) is 12.4 Å². The Hall–Kier alpha value is -1.20. The SMILES string of the molecule is CN(C)CC1CCCN1c1cncc(CNC2CC2)n1. The normalized spacial score (nSPS) is 22.8. The van der Waals surface area contributed by atoms with E-state index in [-0.39, 0.29) is 0 Å². The zero-order valence-electron chi connectivity index (χ0n) is 12.5. The van der Waals surface area contributed by atoms with Gasteiger partial charge in [-0.3, -0.25) is 4.98 Å². The highest BCUT2D eigenvalue weighted by molar-refractivity contribution is 5.39. The smallest absolute Gasteiger partial charge is 0.147 e. The van der Waals surface area contributed by atoms with Crippen LogP contribution in [0.5, 0.6) is 0 Å². The van der Waals surface area contributed by atoms with Crippen molar-refractivity contribution in [3.05, 3.63) is 18.1 Å². The van der Waals surface area contributed by atoms with Crippen molar-refractivity contribution in [3.8, 4) is 0 Å². The lowest BCUT2D eigenvalue weighted by Crippen LogP contribution is -2.38. The second kappa shape index (κ2) is 6.06. The molecular formula is C15H25N5. The van der Waals surface area contributed by atoms with E-state index in [9.17, 15) is 0 Å². The predicted molar refractivity (Wildman–Crippen MR) is 80.8 cm³/mol. The molecule has 1 unspecified atom stereocenters. The lowest BCUT2D eigenvalue weighted by atomic mass is 10.2. The molecule has 5 heteroatoms. The molecule has 1 N–H and O–H groups in total. The molecule has 1 saturated carbocycles. The molecule has 0 bridgehead atoms. The van der Waals surface area contributed by atoms with Crippen molar-refractivity contribution in [2.45, 2.75) is 44.3 Å². The van der Waals surface area contributed by atoms with Gasteiger partial charge in [0.05, 0.1) is 11.9 Å². The van der Waals surface area contributed by atoms with Crippen LogP contribution in [-0.2, 0) is 6.54 Å². The number of hydrogen-bond donors (Lipinski definition) is 1. The average molecular weight is 275 g/mol. The first-order valence-electron chi connectivity index (χ1n) is 7.68. The van der Waals surface area contributed by atoms with E-state index in [1.807, 2.05) is 12.4 Å². The molecule has 1 aromatic heterocycles. The van der Waals surface area contributed by atoms with Crippen LogP contribution in [0, 0.1) is 0 Å². The summed E-state index contributed by atoms with van der Waals surface area (Å²) in [5.41, 5.74) is 1.06. The van der Waals surface area contributed by atoms with Crippen LogP contribution in [0.25, 0.3) is 0 Å². The monoisotopic (exact) mass is 275 g/mol. The Bertz CT molecular complexity index is 444. The number of nitrogens with zero attached hydrogens (tertiary/aromatic N) is 4. The van der Waals surface area contributed by atoms with Crippen molar-refractivity contribution in [2.24, 2.45) is 0 Å². The Morgan fingerprint density at radius 3 is 2.90 bits per heavy atom. The van der Waals surface area contributed by atoms with Gasteiger partial charge in [0.25, 0.3) is 0 Å². The summed E-state index contributed by atoms with van der Waals surface area (Å²) in [6.45, 7) is 3.04. The Labute approximate surface area is 121 Å². The van der Waals surface area contributed by atoms with Gasteiger partial charge >= 0.3 is 0 Å². The number of anilines is 1. The van der Waals surface area contributed by atoms with E-state index < -0.39 is 0 Å². The fourth-order valence-electron chi connectivity index (χ4n) is 2.90. The first kappa shape index (κ1) is 13.8. The first-order chi connectivity index (χ1) is 9.72. The Kier molecular flexibility index (Phi) is 4.17. The van der Waals surface area contributed by atoms with Gasteiger partial charge in [0.1, 0.15) is 5.82 Å². The van der Waals surface area contributed by atoms with E-state index in [4.69, 9.17) is 4.98 Å². The molecule has 5 nitrogen and oxygen atoms in total. The summed E-state index contributed by atoms with van der Waals surface area (Å²) in [5, 5.41) is 3.50. The minimum Gasteiger partial charge on any atom is -0.351 e. The van der Waals surface area contributed by atoms with Gasteiger partial charge in [-0.25, -0.2) is 4.98 Å². The third kappa shape index (κ3) is 3.46. The van der Waals surface area contributed by atoms with Crippen LogP contribution in [0.3, 0.4) is 0 Å². The standard InChI is InChI=1S/C15H25N5/c1-19(2)11-14-4-3-7-20(14)15-10-16-8-13(18-15)9-17-12-5-6-12/h8,10,12,14,17H,3-7,9,11H2,1-2H3. The fourth-order valence-corrected chi connectivity index (χ4v) is 2.90. The Morgan fingerprint density at radius 2 is 2.15 bits per heavy atom. The van der Waals surface area contributed by atoms with Gasteiger partial charge in [0, 0.05) is 37.9 Å². The molecule has 0 spiro atoms. The molecule has 1 aliphatic carbocycles. The molecule has 110 valence electrons. The van der Waals surface area contributed by atoms with Crippen molar-refractivity contribution in [3.63, 3.8) is 0 Å². The summed E-state index contributed by atoms with van der Waals surface area (Å²) in [7, 11) is 4.27. The second-order valence-electron chi connectivity index (χ2n) is 6.28. The average Bonchev–Trinajstić information content (AvgIpc) is 3.15. The van der Waals surface area contributed by atoms with Gasteiger partial charge < -0.3 is 15.1 Å². The van der Waals surface area contributed by atoms with E-state index in [1.165, 1.54) is 25.7 Å². The summed E-state index contributed by atoms with van der Waals surface area (Å²) in [5.74, 6) is 1.05. The largest absolute Gasteiger partial charge is 0.351 e. The topological polar surface area (TPSA) is 44.3 Å². The van der Waals surface area contributed by atoms with Gasteiger partial charge in [0.2, 0.25) is 0 Å². The van der Waals surface area contributed by atoms with Gasteiger partial charge in [-0.05, 0) is 39.8 Å². The predicted octanol–water partition coefficient (Wildman–Crippen LogP) is 1.26. The maximum Gasteiger partial charge on any atom is 0.147 e. The maximum absolute atomic E-state index is 4.79. The van der Waals surface area contributed by atoms with E-state index in [2.05, 4.69) is 34.2 Å². The van der Waals surface area contributed by atoms with Crippen LogP contribution >= 0.6 is 0 Å². The van der Waals surface area contributed by atoms with E-state index in [1.54, 1.807) is 0 Å². The first-order valence-corrected chi connectivity index (χ1v) is 7.68. The molecule has 1 aromatic rings. The molecule has 1 aliphatic heterocycles. The third-order valence-corrected chi connectivity index (χ3v) is 4.07. The van der Waals surface area contributed by atoms with Crippen molar-refractivity contribution in [1.29, 1.82) is 0 Å². The van der Waals surface area contributed by atoms with Crippen LogP contribution in [0.2, 0.25) is 0 Å². The van der Waals surface area contributed by atoms with Crippen LogP contribution in [0.4, 0.5) is 5.82 Å². The number of aromatic nitrogens is 2. The third-order valence-electron chi connectivity index (χ3n) is 4.07. The van der Waals surface area contributed by atoms with E-state index in [0.717, 1.165) is 31.1 Å². The summed E-state index contributed by atoms with van der Waals surface area (Å²) < 4.78 is 0. The minimum atomic E-state index is 0.575. The molecule has 0 radical (unpaired) electrons. The van der Waals surface area contributed by atoms with E-state index >= 15 is 0 Å². The Morgan fingerprint density at radius 1 is 1.30 bits per heavy atom. The molecule has 2 heterocycles. The molecule has 2 aliphatic rings. The quantitative estimate of drug-likeness (QED) is 0.847. The summed E-state index contributed by atoms with van der Waals surface area (Å²) in [6, 6.07) is 1.29. The van der Waals surface area contributed by atoms with Crippen molar-refractivity contribution in [2.75, 3.05) is 32.1 Å². The summed E-state index contributed by atoms with van der Waals surface area (Å²) in [6.07, 6.45) is 8.92. The minimum absolute atomic E-state index is 0.575. The molecule has 0 aromatic carbocycles. The highest BCUT2D eigenvalue weighted by Gasteiger charge is 2.26. The zero-order chi connectivity index (χ0) is 13.9. The molecular weight excluding hydrogens is 250 g/mol. The maximum atomic E-state index is 4.79. The van der Waals surface area contributed by atoms with Crippen molar-refractivity contribution >= 4 is 5.82 Å². The molecule has 3 rings (SSSR count). The lowest BCUT2D eigenvalue weighted by Gasteiger charge is -2.28. The van der Waals surface area contributed by atoms with Crippen LogP contribution in [-0.4, -0.2) is 54.1 Å². The number of likely N-dealkylation sites (N-methyl/N-ethyl adjacent to an activating group) is 1. The fraction of sp³-hybridized carbons (Fsp3) is 0.733.